The van der Waals surface area contributed by atoms with Gasteiger partial charge in [0.05, 0.1) is 22.1 Å². The Hall–Kier alpha value is -12.4. The molecular weight excluding hydrogens is 1130 g/mol. The molecule has 2 aromatic heterocycles. The van der Waals surface area contributed by atoms with Crippen molar-refractivity contribution in [3.05, 3.63) is 364 Å². The molecule has 0 N–H and O–H groups in total. The van der Waals surface area contributed by atoms with Crippen LogP contribution in [0, 0.1) is 0 Å². The van der Waals surface area contributed by atoms with Crippen molar-refractivity contribution in [1.29, 1.82) is 0 Å². The fraction of sp³-hybridized carbons (Fsp3) is 0. The lowest BCUT2D eigenvalue weighted by atomic mass is 9.85. The smallest absolute Gasteiger partial charge is 0.0541 e. The second kappa shape index (κ2) is 22.8. The van der Waals surface area contributed by atoms with Crippen molar-refractivity contribution in [3.63, 3.8) is 0 Å². The summed E-state index contributed by atoms with van der Waals surface area (Å²) in [6, 6.07) is 134. The highest BCUT2D eigenvalue weighted by Crippen LogP contribution is 2.46. The molecule has 2 nitrogen and oxygen atoms in total. The first kappa shape index (κ1) is 54.6. The highest BCUT2D eigenvalue weighted by atomic mass is 15.0. The number of benzene rings is 16. The molecule has 438 valence electrons. The van der Waals surface area contributed by atoms with Crippen molar-refractivity contribution < 1.29 is 0 Å². The molecule has 0 radical (unpaired) electrons. The van der Waals surface area contributed by atoms with Gasteiger partial charge in [0.25, 0.3) is 0 Å². The van der Waals surface area contributed by atoms with Gasteiger partial charge in [-0.15, -0.1) is 0 Å². The van der Waals surface area contributed by atoms with Crippen LogP contribution in [0.3, 0.4) is 0 Å². The maximum absolute atomic E-state index is 2.40. The minimum atomic E-state index is 1.15. The van der Waals surface area contributed by atoms with Gasteiger partial charge in [0.15, 0.2) is 0 Å². The maximum Gasteiger partial charge on any atom is 0.0541 e. The summed E-state index contributed by atoms with van der Waals surface area (Å²) in [6.45, 7) is 0. The van der Waals surface area contributed by atoms with Gasteiger partial charge in [0.1, 0.15) is 0 Å². The highest BCUT2D eigenvalue weighted by Gasteiger charge is 2.20. The second-order valence-corrected chi connectivity index (χ2v) is 24.7. The first-order chi connectivity index (χ1) is 46.6. The van der Waals surface area contributed by atoms with Crippen LogP contribution in [0.2, 0.25) is 0 Å². The predicted octanol–water partition coefficient (Wildman–Crippen LogP) is 25.2. The number of nitrogens with zero attached hydrogens (tertiary/aromatic N) is 2. The van der Waals surface area contributed by atoms with E-state index in [9.17, 15) is 0 Å². The van der Waals surface area contributed by atoms with Crippen LogP contribution in [-0.4, -0.2) is 9.13 Å². The quantitative estimate of drug-likeness (QED) is 0.114. The molecule has 0 aliphatic heterocycles. The second-order valence-electron chi connectivity index (χ2n) is 24.7. The minimum absolute atomic E-state index is 1.15. The zero-order valence-electron chi connectivity index (χ0n) is 51.5. The van der Waals surface area contributed by atoms with Gasteiger partial charge in [-0.2, -0.15) is 0 Å². The van der Waals surface area contributed by atoms with Crippen LogP contribution in [0.4, 0.5) is 0 Å². The molecule has 0 saturated heterocycles. The largest absolute Gasteiger partial charge is 0.309 e. The number of para-hydroxylation sites is 2. The Labute approximate surface area is 546 Å². The van der Waals surface area contributed by atoms with Crippen molar-refractivity contribution in [2.24, 2.45) is 0 Å². The molecule has 18 aromatic rings. The number of rotatable bonds is 11. The molecule has 18 rings (SSSR count). The Morgan fingerprint density at radius 2 is 0.309 bits per heavy atom. The first-order valence-electron chi connectivity index (χ1n) is 32.4. The van der Waals surface area contributed by atoms with Crippen LogP contribution >= 0.6 is 0 Å². The molecule has 0 fully saturated rings. The molecule has 94 heavy (non-hydrogen) atoms. The van der Waals surface area contributed by atoms with Gasteiger partial charge in [-0.3, -0.25) is 0 Å². The molecule has 0 amide bonds. The lowest BCUT2D eigenvalue weighted by Crippen LogP contribution is -1.93. The van der Waals surface area contributed by atoms with E-state index in [1.165, 1.54) is 165 Å². The number of fused-ring (bicyclic) bond motifs is 8. The van der Waals surface area contributed by atoms with Crippen molar-refractivity contribution >= 4 is 65.2 Å². The molecule has 2 heteroatoms. The van der Waals surface area contributed by atoms with Crippen LogP contribution in [0.1, 0.15) is 0 Å². The van der Waals surface area contributed by atoms with Gasteiger partial charge in [0.2, 0.25) is 0 Å². The fourth-order valence-electron chi connectivity index (χ4n) is 14.7. The van der Waals surface area contributed by atoms with E-state index in [1.54, 1.807) is 0 Å². The van der Waals surface area contributed by atoms with E-state index in [-0.39, 0.29) is 0 Å². The van der Waals surface area contributed by atoms with Crippen LogP contribution in [0.25, 0.3) is 177 Å². The summed E-state index contributed by atoms with van der Waals surface area (Å²) < 4.78 is 4.79. The lowest BCUT2D eigenvalue weighted by Gasteiger charge is -2.18. The zero-order chi connectivity index (χ0) is 62.1. The average molecular weight is 1190 g/mol. The average Bonchev–Trinajstić information content (AvgIpc) is 1.21. The van der Waals surface area contributed by atoms with Gasteiger partial charge < -0.3 is 9.13 Å². The highest BCUT2D eigenvalue weighted by molar-refractivity contribution is 6.22. The SMILES string of the molecule is c1ccc(-c2ccc(-c3ccc4c(c3)c3cc(-c5ccc(-c6ccc(-c7c8ccccc8c(-c8ccc(-c9ccc(-c%10ccc%11c(c%10)c%10cc(-c%12ccccc%12)ccc%10n%11-c%10ccccc%10)cc9)cc8)c8ccccc78)cc6)cc5)ccc3n4-c3ccccc3)cc2)cc1. The summed E-state index contributed by atoms with van der Waals surface area (Å²) in [4.78, 5) is 0. The molecular formula is C92H60N2. The van der Waals surface area contributed by atoms with E-state index in [4.69, 9.17) is 0 Å². The summed E-state index contributed by atoms with van der Waals surface area (Å²) in [5, 5.41) is 9.92. The van der Waals surface area contributed by atoms with Crippen LogP contribution in [0.15, 0.2) is 364 Å². The normalized spacial score (nSPS) is 11.6. The summed E-state index contributed by atoms with van der Waals surface area (Å²) in [6.07, 6.45) is 0. The van der Waals surface area contributed by atoms with Crippen LogP contribution in [0.5, 0.6) is 0 Å². The summed E-state index contributed by atoms with van der Waals surface area (Å²) >= 11 is 0. The van der Waals surface area contributed by atoms with Crippen molar-refractivity contribution in [1.82, 2.24) is 9.13 Å². The van der Waals surface area contributed by atoms with Gasteiger partial charge in [-0.1, -0.05) is 291 Å². The standard InChI is InChI=1S/C92H60N2/c1-5-17-61(18-6-1)63-29-35-68(36-30-63)74-50-55-89-85(59-74)86-60-76(52-56-90(86)94(89)78-23-11-4-12-24-78)70-39-33-65(34-40-70)67-43-47-72(48-44-67)92-81-27-15-13-25-79(81)91(80-26-14-16-28-82(80)92)71-45-41-66(42-46-71)64-31-37-69(38-32-64)75-51-54-88-84(58-75)83-57-73(62-19-7-2-8-20-62)49-53-87(83)93(88)77-21-9-3-10-22-77/h1-60H. The summed E-state index contributed by atoms with van der Waals surface area (Å²) in [7, 11) is 0. The topological polar surface area (TPSA) is 9.86 Å². The third kappa shape index (κ3) is 9.50. The van der Waals surface area contributed by atoms with Crippen LogP contribution in [-0.2, 0) is 0 Å². The van der Waals surface area contributed by atoms with Gasteiger partial charge in [0, 0.05) is 32.9 Å². The minimum Gasteiger partial charge on any atom is -0.309 e. The van der Waals surface area contributed by atoms with Gasteiger partial charge in [-0.25, -0.2) is 0 Å². The summed E-state index contributed by atoms with van der Waals surface area (Å²) in [5.41, 5.74) is 28.8. The Morgan fingerprint density at radius 1 is 0.128 bits per heavy atom. The van der Waals surface area contributed by atoms with Gasteiger partial charge >= 0.3 is 0 Å². The third-order valence-electron chi connectivity index (χ3n) is 19.4. The van der Waals surface area contributed by atoms with Crippen molar-refractivity contribution in [2.75, 3.05) is 0 Å². The zero-order valence-corrected chi connectivity index (χ0v) is 51.5. The number of hydrogen-bond donors (Lipinski definition) is 0. The Kier molecular flexibility index (Phi) is 13.3. The fourth-order valence-corrected chi connectivity index (χ4v) is 14.7. The Balaban J connectivity index is 0.627. The molecule has 0 bridgehead atoms. The maximum atomic E-state index is 2.40. The van der Waals surface area contributed by atoms with E-state index >= 15 is 0 Å². The molecule has 2 heterocycles. The molecule has 0 spiro atoms. The molecule has 0 aliphatic rings. The lowest BCUT2D eigenvalue weighted by molar-refractivity contribution is 1.18. The molecule has 0 unspecified atom stereocenters. The van der Waals surface area contributed by atoms with Gasteiger partial charge in [-0.05, 0) is 194 Å². The predicted molar refractivity (Wildman–Crippen MR) is 399 cm³/mol. The van der Waals surface area contributed by atoms with Crippen molar-refractivity contribution in [2.45, 2.75) is 0 Å². The van der Waals surface area contributed by atoms with E-state index < -0.39 is 0 Å². The number of aromatic nitrogens is 2. The Bertz CT molecular complexity index is 5810. The molecule has 0 aliphatic carbocycles. The van der Waals surface area contributed by atoms with E-state index in [2.05, 4.69) is 373 Å². The Morgan fingerprint density at radius 3 is 0.564 bits per heavy atom. The third-order valence-corrected chi connectivity index (χ3v) is 19.4. The number of hydrogen-bond acceptors (Lipinski definition) is 0. The first-order valence-corrected chi connectivity index (χ1v) is 32.4. The van der Waals surface area contributed by atoms with E-state index in [0.717, 1.165) is 11.4 Å². The molecule has 0 saturated carbocycles. The van der Waals surface area contributed by atoms with Crippen molar-refractivity contribution in [3.8, 4) is 112 Å². The molecule has 16 aromatic carbocycles. The van der Waals surface area contributed by atoms with E-state index in [0.29, 0.717) is 0 Å². The summed E-state index contributed by atoms with van der Waals surface area (Å²) in [5.74, 6) is 0. The monoisotopic (exact) mass is 1190 g/mol. The molecule has 0 atom stereocenters. The van der Waals surface area contributed by atoms with Crippen LogP contribution < -0.4 is 0 Å². The van der Waals surface area contributed by atoms with E-state index in [1.807, 2.05) is 0 Å².